The number of aryl methyl sites for hydroxylation is 4. The van der Waals surface area contributed by atoms with E-state index in [1.165, 1.54) is 103 Å². The molecule has 0 atom stereocenters. The van der Waals surface area contributed by atoms with Gasteiger partial charge < -0.3 is 16.2 Å². The van der Waals surface area contributed by atoms with Gasteiger partial charge in [0.25, 0.3) is 0 Å². The Hall–Kier alpha value is -1.90. The smallest absolute Gasteiger partial charge is 0.665 e. The summed E-state index contributed by atoms with van der Waals surface area (Å²) in [6.45, 7) is 24.3. The normalized spacial score (nSPS) is 12.4. The molecule has 1 aliphatic heterocycles. The van der Waals surface area contributed by atoms with E-state index in [-0.39, 0.29) is 20.4 Å². The Morgan fingerprint density at radius 1 is 0.429 bits per heavy atom. The average Bonchev–Trinajstić information content (AvgIpc) is 3.49. The third-order valence-electron chi connectivity index (χ3n) is 11.2. The number of hydrogen-bond donors (Lipinski definition) is 0. The first-order chi connectivity index (χ1) is 26.8. The summed E-state index contributed by atoms with van der Waals surface area (Å²) >= 11 is 0. The van der Waals surface area contributed by atoms with Crippen molar-refractivity contribution in [3.05, 3.63) is 96.1 Å². The van der Waals surface area contributed by atoms with E-state index in [4.69, 9.17) is 0 Å². The van der Waals surface area contributed by atoms with Crippen molar-refractivity contribution >= 4 is 11.4 Å². The van der Waals surface area contributed by atoms with Crippen LogP contribution in [-0.2, 0) is 58.9 Å². The van der Waals surface area contributed by atoms with Crippen molar-refractivity contribution in [1.82, 2.24) is 0 Å². The molecule has 3 rings (SSSR count). The van der Waals surface area contributed by atoms with E-state index in [1.807, 2.05) is 13.8 Å². The van der Waals surface area contributed by atoms with Gasteiger partial charge in [-0.2, -0.15) is 27.2 Å². The minimum Gasteiger partial charge on any atom is -0.665 e. The van der Waals surface area contributed by atoms with Gasteiger partial charge in [-0.25, -0.2) is 4.70 Å². The second-order valence-electron chi connectivity index (χ2n) is 15.4. The van der Waals surface area contributed by atoms with Crippen molar-refractivity contribution in [3.63, 3.8) is 0 Å². The number of benzene rings is 2. The molecule has 2 aromatic rings. The summed E-state index contributed by atoms with van der Waals surface area (Å²) in [4.78, 5) is 0. The molecule has 56 heavy (non-hydrogen) atoms. The molecule has 0 fully saturated rings. The van der Waals surface area contributed by atoms with Gasteiger partial charge in [0.15, 0.2) is 0 Å². The predicted octanol–water partition coefficient (Wildman–Crippen LogP) is 16.1. The summed E-state index contributed by atoms with van der Waals surface area (Å²) in [5, 5.41) is 7.47. The van der Waals surface area contributed by atoms with Crippen LogP contribution in [0.4, 0.5) is 0 Å². The van der Waals surface area contributed by atoms with E-state index in [2.05, 4.69) is 90.3 Å². The van der Waals surface area contributed by atoms with Crippen LogP contribution in [0.5, 0.6) is 0 Å². The van der Waals surface area contributed by atoms with E-state index in [0.717, 1.165) is 95.1 Å². The van der Waals surface area contributed by atoms with Gasteiger partial charge in [-0.05, 0) is 141 Å². The molecule has 2 aromatic carbocycles. The molecule has 0 radical (unpaired) electrons. The molecule has 0 unspecified atom stereocenters. The summed E-state index contributed by atoms with van der Waals surface area (Å²) in [6, 6.07) is 9.85. The van der Waals surface area contributed by atoms with Gasteiger partial charge in [-0.15, -0.1) is 0 Å². The fourth-order valence-electron chi connectivity index (χ4n) is 7.90. The van der Waals surface area contributed by atoms with E-state index in [9.17, 15) is 5.53 Å². The van der Waals surface area contributed by atoms with Gasteiger partial charge in [0, 0.05) is 22.3 Å². The number of unbranched alkanes of at least 4 members (excludes halogenated alkanes) is 8. The largest absolute Gasteiger partial charge is 2.00 e. The summed E-state index contributed by atoms with van der Waals surface area (Å²) < 4.78 is 1.66. The van der Waals surface area contributed by atoms with Crippen LogP contribution in [0, 0.1) is 0 Å². The molecule has 0 aliphatic carbocycles. The molecule has 1 heterocycles. The minimum absolute atomic E-state index is 0. The number of rotatable bonds is 25. The van der Waals surface area contributed by atoms with Crippen molar-refractivity contribution in [2.24, 2.45) is 0 Å². The van der Waals surface area contributed by atoms with Gasteiger partial charge >= 0.3 is 20.4 Å². The fraction of sp³-hybridized carbons (Fsp3) is 0.686. The first-order valence-electron chi connectivity index (χ1n) is 23.1. The van der Waals surface area contributed by atoms with E-state index in [1.54, 1.807) is 35.5 Å². The quantitative estimate of drug-likeness (QED) is 0.0543. The Morgan fingerprint density at radius 3 is 1.07 bits per heavy atom. The zero-order chi connectivity index (χ0) is 41.0. The summed E-state index contributed by atoms with van der Waals surface area (Å²) in [6.07, 6.45) is 24.6. The Morgan fingerprint density at radius 2 is 0.768 bits per heavy atom. The summed E-state index contributed by atoms with van der Waals surface area (Å²) in [5.74, 6) is 0. The first-order valence-corrected chi connectivity index (χ1v) is 23.1. The predicted molar refractivity (Wildman–Crippen MR) is 247 cm³/mol. The molecule has 0 saturated heterocycles. The Bertz CT molecular complexity index is 1370. The Labute approximate surface area is 362 Å². The molecular weight excluding hydrogens is 775 g/mol. The van der Waals surface area contributed by atoms with Gasteiger partial charge in [-0.3, -0.25) is 0 Å². The SMILES string of the molecule is CCCCCc1cc(C2=C(CCCC)C(CCCC)=C(c3cc(CC)c(CC)c(CC)c3)[N+]2=[N-])cc(CCCCC)c1CCCCC.CC[N-]C.CC[N-]C.[Pd+2]. The van der Waals surface area contributed by atoms with Crippen LogP contribution in [0.15, 0.2) is 35.4 Å². The van der Waals surface area contributed by atoms with Crippen LogP contribution in [0.2, 0.25) is 0 Å². The number of hydrogen-bond acceptors (Lipinski definition) is 0. The van der Waals surface area contributed by atoms with E-state index < -0.39 is 0 Å². The van der Waals surface area contributed by atoms with Crippen LogP contribution in [-0.4, -0.2) is 31.9 Å². The summed E-state index contributed by atoms with van der Waals surface area (Å²) in [5.41, 5.74) is 29.0. The van der Waals surface area contributed by atoms with Crippen molar-refractivity contribution < 1.29 is 25.1 Å². The molecule has 4 nitrogen and oxygen atoms in total. The molecule has 5 heteroatoms. The fourth-order valence-corrected chi connectivity index (χ4v) is 7.90. The van der Waals surface area contributed by atoms with Gasteiger partial charge in [0.1, 0.15) is 0 Å². The third-order valence-corrected chi connectivity index (χ3v) is 11.2. The molecule has 320 valence electrons. The molecule has 0 bridgehead atoms. The maximum absolute atomic E-state index is 12.5. The van der Waals surface area contributed by atoms with E-state index >= 15 is 0 Å². The number of nitrogens with zero attached hydrogens (tertiary/aromatic N) is 4. The van der Waals surface area contributed by atoms with Gasteiger partial charge in [0.05, 0.1) is 0 Å². The Kier molecular flexibility index (Phi) is 31.9. The van der Waals surface area contributed by atoms with Crippen molar-refractivity contribution in [3.8, 4) is 0 Å². The van der Waals surface area contributed by atoms with Crippen LogP contribution in [0.1, 0.15) is 210 Å². The minimum atomic E-state index is 0. The van der Waals surface area contributed by atoms with Crippen LogP contribution in [0.3, 0.4) is 0 Å². The maximum atomic E-state index is 12.5. The topological polar surface area (TPSA) is 53.5 Å². The standard InChI is InChI=1S/C45H70N2.2C3H8N.Pd/c1-9-17-22-25-36-32-39(33-37(26-23-18-10-2)41(36)29-24-19-11-3)45-43(28-21-13-5)42(27-20-12-4)44(47(45)46)38-30-34(14-6)40(16-8)35(15-7)31-38;2*1-3-4-2;/h30-33H,9-29H2,1-8H3;2*3H2,1-2H3;/q;2*-1;+2. The monoisotopic (exact) mass is 861 g/mol. The van der Waals surface area contributed by atoms with Crippen molar-refractivity contribution in [2.45, 2.75) is 204 Å². The first kappa shape index (κ1) is 54.1. The molecular formula is C51H86N4Pd. The second-order valence-corrected chi connectivity index (χ2v) is 15.4. The molecule has 0 spiro atoms. The zero-order valence-electron chi connectivity index (χ0n) is 38.7. The molecule has 0 amide bonds. The second kappa shape index (κ2) is 33.0. The zero-order valence-corrected chi connectivity index (χ0v) is 40.2. The van der Waals surface area contributed by atoms with Crippen molar-refractivity contribution in [1.29, 1.82) is 0 Å². The van der Waals surface area contributed by atoms with Gasteiger partial charge in [0.2, 0.25) is 11.4 Å². The van der Waals surface area contributed by atoms with Crippen LogP contribution < -0.4 is 0 Å². The van der Waals surface area contributed by atoms with Crippen molar-refractivity contribution in [2.75, 3.05) is 27.2 Å². The van der Waals surface area contributed by atoms with E-state index in [0.29, 0.717) is 0 Å². The third kappa shape index (κ3) is 17.1. The molecule has 1 aliphatic rings. The van der Waals surface area contributed by atoms with Crippen LogP contribution >= 0.6 is 0 Å². The Balaban J connectivity index is 0.00000306. The van der Waals surface area contributed by atoms with Crippen LogP contribution in [0.25, 0.3) is 27.6 Å². The molecule has 0 N–H and O–H groups in total. The summed E-state index contributed by atoms with van der Waals surface area (Å²) in [7, 11) is 3.61. The molecule has 0 saturated carbocycles. The number of allylic oxidation sites excluding steroid dienone is 2. The molecule has 0 aromatic heterocycles. The average molecular weight is 862 g/mol. The van der Waals surface area contributed by atoms with Gasteiger partial charge in [-0.1, -0.05) is 121 Å². The maximum Gasteiger partial charge on any atom is 2.00 e.